The Morgan fingerprint density at radius 1 is 1.14 bits per heavy atom. The van der Waals surface area contributed by atoms with Crippen molar-refractivity contribution in [2.45, 2.75) is 6.54 Å². The van der Waals surface area contributed by atoms with Crippen LogP contribution in [-0.4, -0.2) is 68.5 Å². The van der Waals surface area contributed by atoms with Crippen molar-refractivity contribution >= 4 is 22.9 Å². The van der Waals surface area contributed by atoms with Crippen molar-refractivity contribution in [3.05, 3.63) is 42.0 Å². The van der Waals surface area contributed by atoms with Gasteiger partial charge in [-0.3, -0.25) is 9.69 Å². The molecule has 2 aromatic heterocycles. The molecule has 0 aliphatic carbocycles. The first-order chi connectivity index (χ1) is 13.6. The second-order valence-corrected chi connectivity index (χ2v) is 6.75. The lowest BCUT2D eigenvalue weighted by molar-refractivity contribution is -0.122. The van der Waals surface area contributed by atoms with E-state index in [9.17, 15) is 9.18 Å². The first-order valence-corrected chi connectivity index (χ1v) is 9.09. The van der Waals surface area contributed by atoms with E-state index in [4.69, 9.17) is 0 Å². The van der Waals surface area contributed by atoms with Crippen LogP contribution in [0.25, 0.3) is 11.2 Å². The van der Waals surface area contributed by atoms with Gasteiger partial charge in [0, 0.05) is 39.8 Å². The van der Waals surface area contributed by atoms with Gasteiger partial charge in [0.05, 0.1) is 6.54 Å². The van der Waals surface area contributed by atoms with Gasteiger partial charge in [0.25, 0.3) is 0 Å². The molecule has 0 spiro atoms. The van der Waals surface area contributed by atoms with Crippen molar-refractivity contribution in [3.63, 3.8) is 0 Å². The number of piperazine rings is 1. The lowest BCUT2D eigenvalue weighted by Gasteiger charge is -2.34. The molecular formula is C18H21FN8O. The Hall–Kier alpha value is -3.14. The van der Waals surface area contributed by atoms with Gasteiger partial charge in [0.2, 0.25) is 5.91 Å². The average molecular weight is 384 g/mol. The van der Waals surface area contributed by atoms with Gasteiger partial charge < -0.3 is 10.2 Å². The summed E-state index contributed by atoms with van der Waals surface area (Å²) >= 11 is 0. The second kappa shape index (κ2) is 7.85. The Morgan fingerprint density at radius 3 is 2.64 bits per heavy atom. The molecule has 1 saturated heterocycles. The standard InChI is InChI=1S/C18H21FN8O/c1-25-17-16(23-24-25)18(22-12-21-17)27-8-6-26(7-9-27)11-15(28)20-10-13-2-4-14(19)5-3-13/h2-5,12H,6-11H2,1H3,(H,20,28). The fourth-order valence-corrected chi connectivity index (χ4v) is 3.25. The first kappa shape index (κ1) is 18.2. The highest BCUT2D eigenvalue weighted by atomic mass is 19.1. The van der Waals surface area contributed by atoms with E-state index in [1.54, 1.807) is 23.9 Å². The third-order valence-corrected chi connectivity index (χ3v) is 4.81. The van der Waals surface area contributed by atoms with Gasteiger partial charge in [-0.25, -0.2) is 19.0 Å². The Bertz CT molecular complexity index is 965. The number of aromatic nitrogens is 5. The van der Waals surface area contributed by atoms with E-state index in [-0.39, 0.29) is 11.7 Å². The van der Waals surface area contributed by atoms with E-state index in [0.29, 0.717) is 24.3 Å². The predicted octanol–water partition coefficient (Wildman–Crippen LogP) is 0.336. The summed E-state index contributed by atoms with van der Waals surface area (Å²) in [4.78, 5) is 25.0. The number of aryl methyl sites for hydroxylation is 1. The molecule has 146 valence electrons. The zero-order valence-corrected chi connectivity index (χ0v) is 15.5. The molecule has 0 atom stereocenters. The number of carbonyl (C=O) groups excluding carboxylic acids is 1. The van der Waals surface area contributed by atoms with Crippen LogP contribution in [0, 0.1) is 5.82 Å². The van der Waals surface area contributed by atoms with Crippen LogP contribution in [-0.2, 0) is 18.4 Å². The summed E-state index contributed by atoms with van der Waals surface area (Å²) in [5, 5.41) is 11.1. The maximum atomic E-state index is 12.9. The van der Waals surface area contributed by atoms with Crippen LogP contribution in [0.3, 0.4) is 0 Å². The summed E-state index contributed by atoms with van der Waals surface area (Å²) < 4.78 is 14.5. The minimum Gasteiger partial charge on any atom is -0.352 e. The third-order valence-electron chi connectivity index (χ3n) is 4.81. The topological polar surface area (TPSA) is 92.1 Å². The normalized spacial score (nSPS) is 15.1. The van der Waals surface area contributed by atoms with Crippen LogP contribution in [0.2, 0.25) is 0 Å². The number of amides is 1. The highest BCUT2D eigenvalue weighted by molar-refractivity contribution is 5.82. The average Bonchev–Trinajstić information content (AvgIpc) is 3.09. The molecule has 1 aliphatic heterocycles. The van der Waals surface area contributed by atoms with Crippen LogP contribution >= 0.6 is 0 Å². The quantitative estimate of drug-likeness (QED) is 0.678. The highest BCUT2D eigenvalue weighted by Crippen LogP contribution is 2.21. The van der Waals surface area contributed by atoms with Crippen molar-refractivity contribution < 1.29 is 9.18 Å². The third kappa shape index (κ3) is 3.91. The van der Waals surface area contributed by atoms with Crippen molar-refractivity contribution in [1.29, 1.82) is 0 Å². The van der Waals surface area contributed by atoms with Crippen LogP contribution in [0.5, 0.6) is 0 Å². The number of halogens is 1. The maximum Gasteiger partial charge on any atom is 0.234 e. The molecule has 28 heavy (non-hydrogen) atoms. The van der Waals surface area contributed by atoms with Crippen LogP contribution in [0.4, 0.5) is 10.2 Å². The van der Waals surface area contributed by atoms with Gasteiger partial charge in [-0.15, -0.1) is 5.10 Å². The van der Waals surface area contributed by atoms with Crippen LogP contribution < -0.4 is 10.2 Å². The molecule has 1 fully saturated rings. The zero-order chi connectivity index (χ0) is 19.5. The summed E-state index contributed by atoms with van der Waals surface area (Å²) in [5.41, 5.74) is 2.26. The van der Waals surface area contributed by atoms with Crippen molar-refractivity contribution in [3.8, 4) is 0 Å². The van der Waals surface area contributed by atoms with Crippen LogP contribution in [0.1, 0.15) is 5.56 Å². The molecule has 1 N–H and O–H groups in total. The number of hydrogen-bond acceptors (Lipinski definition) is 7. The molecule has 0 unspecified atom stereocenters. The Morgan fingerprint density at radius 2 is 1.89 bits per heavy atom. The molecule has 10 heteroatoms. The predicted molar refractivity (Wildman–Crippen MR) is 101 cm³/mol. The highest BCUT2D eigenvalue weighted by Gasteiger charge is 2.22. The van der Waals surface area contributed by atoms with E-state index >= 15 is 0 Å². The molecule has 1 aliphatic rings. The fraction of sp³-hybridized carbons (Fsp3) is 0.389. The van der Waals surface area contributed by atoms with E-state index in [2.05, 4.69) is 35.4 Å². The molecule has 1 aromatic carbocycles. The van der Waals surface area contributed by atoms with Gasteiger partial charge >= 0.3 is 0 Å². The Kier molecular flexibility index (Phi) is 5.11. The van der Waals surface area contributed by atoms with E-state index in [1.807, 2.05) is 0 Å². The molecule has 1 amide bonds. The van der Waals surface area contributed by atoms with Crippen molar-refractivity contribution in [1.82, 2.24) is 35.2 Å². The smallest absolute Gasteiger partial charge is 0.234 e. The SMILES string of the molecule is Cn1nnc2c(N3CCN(CC(=O)NCc4ccc(F)cc4)CC3)ncnc21. The number of nitrogens with zero attached hydrogens (tertiary/aromatic N) is 7. The molecule has 0 saturated carbocycles. The summed E-state index contributed by atoms with van der Waals surface area (Å²) in [6.45, 7) is 3.71. The summed E-state index contributed by atoms with van der Waals surface area (Å²) in [6, 6.07) is 6.12. The van der Waals surface area contributed by atoms with Gasteiger partial charge in [-0.2, -0.15) is 0 Å². The number of anilines is 1. The number of rotatable bonds is 5. The molecular weight excluding hydrogens is 363 g/mol. The number of fused-ring (bicyclic) bond motifs is 1. The van der Waals surface area contributed by atoms with E-state index < -0.39 is 0 Å². The Balaban J connectivity index is 1.29. The van der Waals surface area contributed by atoms with E-state index in [0.717, 1.165) is 37.6 Å². The number of hydrogen-bond donors (Lipinski definition) is 1. The maximum absolute atomic E-state index is 12.9. The van der Waals surface area contributed by atoms with Crippen molar-refractivity contribution in [2.75, 3.05) is 37.6 Å². The minimum absolute atomic E-state index is 0.0453. The lowest BCUT2D eigenvalue weighted by Crippen LogP contribution is -2.49. The van der Waals surface area contributed by atoms with Gasteiger partial charge in [-0.1, -0.05) is 17.3 Å². The summed E-state index contributed by atoms with van der Waals surface area (Å²) in [6.07, 6.45) is 1.52. The molecule has 0 radical (unpaired) electrons. The number of nitrogens with one attached hydrogen (secondary N) is 1. The second-order valence-electron chi connectivity index (χ2n) is 6.75. The monoisotopic (exact) mass is 384 g/mol. The Labute approximate surface area is 161 Å². The van der Waals surface area contributed by atoms with Crippen molar-refractivity contribution in [2.24, 2.45) is 7.05 Å². The molecule has 3 aromatic rings. The molecule has 4 rings (SSSR count). The number of benzene rings is 1. The summed E-state index contributed by atoms with van der Waals surface area (Å²) in [5.74, 6) is 0.449. The van der Waals surface area contributed by atoms with Gasteiger partial charge in [-0.05, 0) is 17.7 Å². The minimum atomic E-state index is -0.282. The van der Waals surface area contributed by atoms with Gasteiger partial charge in [0.15, 0.2) is 17.0 Å². The lowest BCUT2D eigenvalue weighted by atomic mass is 10.2. The van der Waals surface area contributed by atoms with Gasteiger partial charge in [0.1, 0.15) is 12.1 Å². The molecule has 0 bridgehead atoms. The van der Waals surface area contributed by atoms with E-state index in [1.165, 1.54) is 18.5 Å². The molecule has 9 nitrogen and oxygen atoms in total. The largest absolute Gasteiger partial charge is 0.352 e. The van der Waals surface area contributed by atoms with Crippen LogP contribution in [0.15, 0.2) is 30.6 Å². The fourth-order valence-electron chi connectivity index (χ4n) is 3.25. The molecule has 3 heterocycles. The zero-order valence-electron chi connectivity index (χ0n) is 15.5. The number of carbonyl (C=O) groups is 1. The first-order valence-electron chi connectivity index (χ1n) is 9.09. The summed E-state index contributed by atoms with van der Waals surface area (Å²) in [7, 11) is 1.80.